The van der Waals surface area contributed by atoms with E-state index < -0.39 is 0 Å². The highest BCUT2D eigenvalue weighted by atomic mass is 16.3. The number of rotatable bonds is 3. The molecule has 0 fully saturated rings. The first-order valence-electron chi connectivity index (χ1n) is 7.46. The van der Waals surface area contributed by atoms with E-state index in [1.807, 2.05) is 12.1 Å². The molecule has 2 aromatic rings. The van der Waals surface area contributed by atoms with E-state index in [-0.39, 0.29) is 0 Å². The van der Waals surface area contributed by atoms with Crippen molar-refractivity contribution in [2.45, 2.75) is 18.9 Å². The predicted molar refractivity (Wildman–Crippen MR) is 87.3 cm³/mol. The van der Waals surface area contributed by atoms with Crippen molar-refractivity contribution >= 4 is 5.57 Å². The molecular formula is C19H21NO. The van der Waals surface area contributed by atoms with Gasteiger partial charge in [-0.05, 0) is 48.7 Å². The van der Waals surface area contributed by atoms with Crippen LogP contribution in [0.15, 0.2) is 60.7 Å². The number of benzene rings is 2. The lowest BCUT2D eigenvalue weighted by molar-refractivity contribution is 0.277. The van der Waals surface area contributed by atoms with E-state index in [9.17, 15) is 5.11 Å². The molecule has 0 amide bonds. The van der Waals surface area contributed by atoms with Crippen LogP contribution in [0, 0.1) is 0 Å². The summed E-state index contributed by atoms with van der Waals surface area (Å²) in [6.45, 7) is 1.09. The van der Waals surface area contributed by atoms with Crippen LogP contribution in [0.4, 0.5) is 0 Å². The molecule has 1 unspecified atom stereocenters. The maximum absolute atomic E-state index is 9.38. The zero-order chi connectivity index (χ0) is 14.7. The summed E-state index contributed by atoms with van der Waals surface area (Å²) in [7, 11) is 2.18. The number of nitrogens with zero attached hydrogens (tertiary/aromatic N) is 1. The van der Waals surface area contributed by atoms with E-state index in [1.54, 1.807) is 12.1 Å². The molecule has 1 aliphatic heterocycles. The van der Waals surface area contributed by atoms with Gasteiger partial charge in [-0.3, -0.25) is 4.90 Å². The molecule has 0 aliphatic carbocycles. The lowest BCUT2D eigenvalue weighted by Gasteiger charge is -2.31. The van der Waals surface area contributed by atoms with Gasteiger partial charge in [-0.1, -0.05) is 48.5 Å². The van der Waals surface area contributed by atoms with Crippen LogP contribution in [0.2, 0.25) is 0 Å². The van der Waals surface area contributed by atoms with Gasteiger partial charge in [-0.25, -0.2) is 0 Å². The SMILES string of the molecule is CN1CCC(c2ccccc2)=CC1Cc1ccc(O)cc1. The lowest BCUT2D eigenvalue weighted by Crippen LogP contribution is -2.36. The van der Waals surface area contributed by atoms with Gasteiger partial charge < -0.3 is 5.11 Å². The Kier molecular flexibility index (Phi) is 4.07. The van der Waals surface area contributed by atoms with Crippen LogP contribution in [0.25, 0.3) is 5.57 Å². The Hall–Kier alpha value is -2.06. The molecule has 3 rings (SSSR count). The molecule has 1 aliphatic rings. The zero-order valence-electron chi connectivity index (χ0n) is 12.4. The minimum absolute atomic E-state index is 0.330. The third kappa shape index (κ3) is 3.34. The van der Waals surface area contributed by atoms with E-state index in [1.165, 1.54) is 16.7 Å². The van der Waals surface area contributed by atoms with Crippen molar-refractivity contribution in [1.82, 2.24) is 4.90 Å². The van der Waals surface area contributed by atoms with Crippen LogP contribution in [0.1, 0.15) is 17.5 Å². The van der Waals surface area contributed by atoms with Crippen LogP contribution in [0.3, 0.4) is 0 Å². The van der Waals surface area contributed by atoms with E-state index in [4.69, 9.17) is 0 Å². The van der Waals surface area contributed by atoms with Gasteiger partial charge in [0, 0.05) is 12.6 Å². The van der Waals surface area contributed by atoms with Crippen LogP contribution in [0.5, 0.6) is 5.75 Å². The van der Waals surface area contributed by atoms with Crippen molar-refractivity contribution in [2.75, 3.05) is 13.6 Å². The fourth-order valence-corrected chi connectivity index (χ4v) is 2.89. The van der Waals surface area contributed by atoms with E-state index in [0.29, 0.717) is 11.8 Å². The zero-order valence-corrected chi connectivity index (χ0v) is 12.4. The summed E-state index contributed by atoms with van der Waals surface area (Å²) in [6, 6.07) is 18.6. The summed E-state index contributed by atoms with van der Waals surface area (Å²) in [4.78, 5) is 2.40. The van der Waals surface area contributed by atoms with E-state index in [2.05, 4.69) is 48.4 Å². The van der Waals surface area contributed by atoms with Gasteiger partial charge in [-0.2, -0.15) is 0 Å². The molecule has 0 saturated heterocycles. The standard InChI is InChI=1S/C19H21NO/c1-20-12-11-17(16-5-3-2-4-6-16)14-18(20)13-15-7-9-19(21)10-8-15/h2-10,14,18,21H,11-13H2,1H3. The van der Waals surface area contributed by atoms with E-state index >= 15 is 0 Å². The van der Waals surface area contributed by atoms with Crippen molar-refractivity contribution in [2.24, 2.45) is 0 Å². The summed E-state index contributed by atoms with van der Waals surface area (Å²) in [5.41, 5.74) is 4.04. The largest absolute Gasteiger partial charge is 0.508 e. The minimum atomic E-state index is 0.330. The first kappa shape index (κ1) is 13.9. The average Bonchev–Trinajstić information content (AvgIpc) is 2.52. The number of hydrogen-bond donors (Lipinski definition) is 1. The second-order valence-corrected chi connectivity index (χ2v) is 5.73. The maximum Gasteiger partial charge on any atom is 0.115 e. The van der Waals surface area contributed by atoms with Crippen molar-refractivity contribution < 1.29 is 5.11 Å². The highest BCUT2D eigenvalue weighted by Crippen LogP contribution is 2.26. The Bertz CT molecular complexity index is 616. The fraction of sp³-hybridized carbons (Fsp3) is 0.263. The highest BCUT2D eigenvalue weighted by molar-refractivity contribution is 5.67. The molecule has 1 atom stereocenters. The summed E-state index contributed by atoms with van der Waals surface area (Å²) >= 11 is 0. The van der Waals surface area contributed by atoms with E-state index in [0.717, 1.165) is 19.4 Å². The Balaban J connectivity index is 1.81. The third-order valence-corrected chi connectivity index (χ3v) is 4.22. The fourth-order valence-electron chi connectivity index (χ4n) is 2.89. The molecule has 0 aromatic heterocycles. The quantitative estimate of drug-likeness (QED) is 0.925. The minimum Gasteiger partial charge on any atom is -0.508 e. The molecule has 0 saturated carbocycles. The Morgan fingerprint density at radius 1 is 1.05 bits per heavy atom. The van der Waals surface area contributed by atoms with Crippen molar-refractivity contribution in [3.63, 3.8) is 0 Å². The van der Waals surface area contributed by atoms with Gasteiger partial charge in [0.1, 0.15) is 5.75 Å². The average molecular weight is 279 g/mol. The summed E-state index contributed by atoms with van der Waals surface area (Å²) in [5, 5.41) is 9.38. The number of phenolic OH excluding ortho intramolecular Hbond substituents is 1. The maximum atomic E-state index is 9.38. The smallest absolute Gasteiger partial charge is 0.115 e. The summed E-state index contributed by atoms with van der Waals surface area (Å²) in [5.74, 6) is 0.330. The molecule has 2 aromatic carbocycles. The summed E-state index contributed by atoms with van der Waals surface area (Å²) in [6.07, 6.45) is 4.48. The Morgan fingerprint density at radius 3 is 2.48 bits per heavy atom. The molecular weight excluding hydrogens is 258 g/mol. The van der Waals surface area contributed by atoms with Crippen LogP contribution in [-0.2, 0) is 6.42 Å². The molecule has 0 bridgehead atoms. The molecule has 0 radical (unpaired) electrons. The predicted octanol–water partition coefficient (Wildman–Crippen LogP) is 3.72. The van der Waals surface area contributed by atoms with Crippen LogP contribution < -0.4 is 0 Å². The second-order valence-electron chi connectivity index (χ2n) is 5.73. The van der Waals surface area contributed by atoms with Crippen molar-refractivity contribution in [1.29, 1.82) is 0 Å². The molecule has 2 nitrogen and oxygen atoms in total. The molecule has 2 heteroatoms. The third-order valence-electron chi connectivity index (χ3n) is 4.22. The molecule has 108 valence electrons. The highest BCUT2D eigenvalue weighted by Gasteiger charge is 2.19. The Morgan fingerprint density at radius 2 is 1.76 bits per heavy atom. The monoisotopic (exact) mass is 279 g/mol. The first-order valence-corrected chi connectivity index (χ1v) is 7.46. The van der Waals surface area contributed by atoms with Gasteiger partial charge in [0.15, 0.2) is 0 Å². The molecule has 1 N–H and O–H groups in total. The van der Waals surface area contributed by atoms with Gasteiger partial charge in [0.2, 0.25) is 0 Å². The van der Waals surface area contributed by atoms with Crippen molar-refractivity contribution in [3.8, 4) is 5.75 Å². The van der Waals surface area contributed by atoms with Crippen LogP contribution >= 0.6 is 0 Å². The second kappa shape index (κ2) is 6.15. The summed E-state index contributed by atoms with van der Waals surface area (Å²) < 4.78 is 0. The molecule has 0 spiro atoms. The number of phenols is 1. The first-order chi connectivity index (χ1) is 10.2. The van der Waals surface area contributed by atoms with Crippen molar-refractivity contribution in [3.05, 3.63) is 71.8 Å². The van der Waals surface area contributed by atoms with Gasteiger partial charge in [0.25, 0.3) is 0 Å². The molecule has 1 heterocycles. The van der Waals surface area contributed by atoms with Gasteiger partial charge >= 0.3 is 0 Å². The number of aromatic hydroxyl groups is 1. The Labute approximate surface area is 126 Å². The lowest BCUT2D eigenvalue weighted by atomic mass is 9.93. The van der Waals surface area contributed by atoms with Crippen LogP contribution in [-0.4, -0.2) is 29.6 Å². The number of hydrogen-bond acceptors (Lipinski definition) is 2. The normalized spacial score (nSPS) is 19.3. The van der Waals surface area contributed by atoms with Gasteiger partial charge in [-0.15, -0.1) is 0 Å². The topological polar surface area (TPSA) is 23.5 Å². The van der Waals surface area contributed by atoms with Gasteiger partial charge in [0.05, 0.1) is 0 Å². The number of likely N-dealkylation sites (N-methyl/N-ethyl adjacent to an activating group) is 1. The molecule has 21 heavy (non-hydrogen) atoms.